The zero-order valence-electron chi connectivity index (χ0n) is 20.0. The van der Waals surface area contributed by atoms with Crippen molar-refractivity contribution >= 4 is 24.9 Å². The van der Waals surface area contributed by atoms with E-state index in [2.05, 4.69) is 15.6 Å². The number of amides is 2. The van der Waals surface area contributed by atoms with E-state index in [1.54, 1.807) is 17.6 Å². The summed E-state index contributed by atoms with van der Waals surface area (Å²) in [4.78, 5) is 39.9. The van der Waals surface area contributed by atoms with Crippen molar-refractivity contribution in [1.82, 2.24) is 16.1 Å². The number of hydrogen-bond donors (Lipinski definition) is 6. The fraction of sp³-hybridized carbons (Fsp3) is 0.571. The van der Waals surface area contributed by atoms with Crippen LogP contribution in [0.1, 0.15) is 68.8 Å². The summed E-state index contributed by atoms with van der Waals surface area (Å²) in [6, 6.07) is 6.04. The fourth-order valence-electron chi connectivity index (χ4n) is 3.20. The van der Waals surface area contributed by atoms with Gasteiger partial charge in [0.25, 0.3) is 11.9 Å². The van der Waals surface area contributed by atoms with Gasteiger partial charge in [-0.05, 0) is 48.8 Å². The Kier molecular flexibility index (Phi) is 12.0. The minimum absolute atomic E-state index is 0.0768. The minimum Gasteiger partial charge on any atom is -0.426 e. The van der Waals surface area contributed by atoms with Crippen LogP contribution in [0.4, 0.5) is 0 Å². The third-order valence-corrected chi connectivity index (χ3v) is 5.01. The van der Waals surface area contributed by atoms with Crippen molar-refractivity contribution in [1.29, 1.82) is 0 Å². The molecule has 1 aromatic rings. The molecule has 12 nitrogen and oxygen atoms in total. The number of guanidine groups is 1. The number of rotatable bonds is 13. The highest BCUT2D eigenvalue weighted by atomic mass is 16.7. The van der Waals surface area contributed by atoms with Gasteiger partial charge in [-0.2, -0.15) is 0 Å². The topological polar surface area (TPSA) is 192 Å². The quantitative estimate of drug-likeness (QED) is 0.0583. The van der Waals surface area contributed by atoms with Crippen LogP contribution in [0.15, 0.2) is 29.3 Å². The molecule has 0 heterocycles. The number of carbonyl (C=O) groups excluding carboxylic acids is 2. The first-order valence-electron chi connectivity index (χ1n) is 11.2. The molecule has 0 radical (unpaired) electrons. The molecule has 34 heavy (non-hydrogen) atoms. The Bertz CT molecular complexity index is 847. The number of carbonyl (C=O) groups is 2. The molecule has 0 spiro atoms. The SMILES string of the molecule is CC(C)C[C@H](NC(=O)[C@H](CCCN=C(N)N[N+](=O)[O-])NC(=O)c1ccc(C(C)C)cc1)B(O)O. The molecular weight excluding hydrogens is 443 g/mol. The lowest BCUT2D eigenvalue weighted by molar-refractivity contribution is -0.525. The highest BCUT2D eigenvalue weighted by molar-refractivity contribution is 6.43. The predicted molar refractivity (Wildman–Crippen MR) is 129 cm³/mol. The van der Waals surface area contributed by atoms with Crippen LogP contribution in [0.25, 0.3) is 0 Å². The Morgan fingerprint density at radius 2 is 1.76 bits per heavy atom. The van der Waals surface area contributed by atoms with Crippen molar-refractivity contribution in [2.75, 3.05) is 6.54 Å². The number of benzene rings is 1. The van der Waals surface area contributed by atoms with Gasteiger partial charge in [-0.3, -0.25) is 9.59 Å². The molecule has 0 aliphatic rings. The Morgan fingerprint density at radius 3 is 2.26 bits per heavy atom. The van der Waals surface area contributed by atoms with Crippen LogP contribution in [0.2, 0.25) is 0 Å². The lowest BCUT2D eigenvalue weighted by Gasteiger charge is -2.24. The molecule has 1 rings (SSSR count). The number of nitro groups is 1. The van der Waals surface area contributed by atoms with Crippen molar-refractivity contribution in [3.63, 3.8) is 0 Å². The number of aliphatic imine (C=N–C) groups is 1. The van der Waals surface area contributed by atoms with Gasteiger partial charge in [0.15, 0.2) is 5.03 Å². The van der Waals surface area contributed by atoms with Crippen LogP contribution >= 0.6 is 0 Å². The van der Waals surface area contributed by atoms with Crippen LogP contribution in [-0.2, 0) is 4.79 Å². The van der Waals surface area contributed by atoms with Crippen molar-refractivity contribution in [2.24, 2.45) is 16.6 Å². The first kappa shape index (κ1) is 28.8. The van der Waals surface area contributed by atoms with E-state index in [-0.39, 0.29) is 31.3 Å². The number of nitrogens with zero attached hydrogens (tertiary/aromatic N) is 2. The van der Waals surface area contributed by atoms with E-state index in [0.717, 1.165) is 5.56 Å². The largest absolute Gasteiger partial charge is 0.475 e. The third kappa shape index (κ3) is 10.6. The minimum atomic E-state index is -1.76. The lowest BCUT2D eigenvalue weighted by Crippen LogP contribution is -2.54. The smallest absolute Gasteiger partial charge is 0.426 e. The lowest BCUT2D eigenvalue weighted by atomic mass is 9.75. The maximum absolute atomic E-state index is 12.9. The molecular formula is C21H35BN6O6. The molecule has 7 N–H and O–H groups in total. The molecule has 188 valence electrons. The highest BCUT2D eigenvalue weighted by Gasteiger charge is 2.30. The van der Waals surface area contributed by atoms with E-state index in [9.17, 15) is 29.8 Å². The van der Waals surface area contributed by atoms with Gasteiger partial charge in [-0.1, -0.05) is 45.3 Å². The van der Waals surface area contributed by atoms with Crippen LogP contribution in [0.3, 0.4) is 0 Å². The van der Waals surface area contributed by atoms with Crippen molar-refractivity contribution in [3.8, 4) is 0 Å². The summed E-state index contributed by atoms with van der Waals surface area (Å²) in [7, 11) is -1.76. The Hall–Kier alpha value is -3.19. The second-order valence-corrected chi connectivity index (χ2v) is 8.74. The second kappa shape index (κ2) is 14.2. The third-order valence-electron chi connectivity index (χ3n) is 5.01. The van der Waals surface area contributed by atoms with Gasteiger partial charge in [0.1, 0.15) is 6.04 Å². The highest BCUT2D eigenvalue weighted by Crippen LogP contribution is 2.15. The van der Waals surface area contributed by atoms with Gasteiger partial charge in [-0.15, -0.1) is 0 Å². The second-order valence-electron chi connectivity index (χ2n) is 8.74. The Labute approximate surface area is 199 Å². The van der Waals surface area contributed by atoms with Gasteiger partial charge in [0.05, 0.1) is 5.94 Å². The fourth-order valence-corrected chi connectivity index (χ4v) is 3.20. The van der Waals surface area contributed by atoms with E-state index < -0.39 is 35.9 Å². The number of hydrogen-bond acceptors (Lipinski definition) is 7. The normalized spacial score (nSPS) is 13.4. The molecule has 0 unspecified atom stereocenters. The molecule has 0 saturated heterocycles. The number of hydrazine groups is 1. The van der Waals surface area contributed by atoms with E-state index in [0.29, 0.717) is 17.9 Å². The molecule has 0 bridgehead atoms. The number of nitrogens with two attached hydrogens (primary N) is 1. The van der Waals surface area contributed by atoms with Crippen molar-refractivity contribution in [3.05, 3.63) is 45.5 Å². The van der Waals surface area contributed by atoms with Gasteiger partial charge in [-0.25, -0.2) is 15.1 Å². The van der Waals surface area contributed by atoms with Crippen LogP contribution < -0.4 is 21.8 Å². The summed E-state index contributed by atoms with van der Waals surface area (Å²) >= 11 is 0. The number of nitrogens with one attached hydrogen (secondary N) is 3. The first-order chi connectivity index (χ1) is 15.9. The average Bonchev–Trinajstić information content (AvgIpc) is 2.74. The van der Waals surface area contributed by atoms with Gasteiger partial charge >= 0.3 is 7.12 Å². The van der Waals surface area contributed by atoms with Gasteiger partial charge in [0, 0.05) is 12.1 Å². The van der Waals surface area contributed by atoms with E-state index in [4.69, 9.17) is 5.73 Å². The molecule has 0 aliphatic carbocycles. The summed E-state index contributed by atoms with van der Waals surface area (Å²) in [5.41, 5.74) is 8.54. The summed E-state index contributed by atoms with van der Waals surface area (Å²) in [6.07, 6.45) is 0.752. The molecule has 13 heteroatoms. The average molecular weight is 478 g/mol. The monoisotopic (exact) mass is 478 g/mol. The van der Waals surface area contributed by atoms with Gasteiger partial charge < -0.3 is 26.4 Å². The Balaban J connectivity index is 2.93. The zero-order valence-corrected chi connectivity index (χ0v) is 20.0. The molecule has 1 aromatic carbocycles. The first-order valence-corrected chi connectivity index (χ1v) is 11.2. The van der Waals surface area contributed by atoms with Crippen LogP contribution in [0.5, 0.6) is 0 Å². The van der Waals surface area contributed by atoms with E-state index in [1.165, 1.54) is 0 Å². The van der Waals surface area contributed by atoms with Crippen LogP contribution in [-0.4, -0.2) is 58.5 Å². The molecule has 0 fully saturated rings. The van der Waals surface area contributed by atoms with Crippen molar-refractivity contribution < 1.29 is 24.7 Å². The molecule has 0 aromatic heterocycles. The van der Waals surface area contributed by atoms with Crippen molar-refractivity contribution in [2.45, 2.75) is 64.9 Å². The van der Waals surface area contributed by atoms with Crippen LogP contribution in [0, 0.1) is 16.0 Å². The molecule has 2 amide bonds. The maximum Gasteiger partial charge on any atom is 0.475 e. The molecule has 2 atom stereocenters. The zero-order chi connectivity index (χ0) is 25.8. The summed E-state index contributed by atoms with van der Waals surface area (Å²) < 4.78 is 0. The van der Waals surface area contributed by atoms with Gasteiger partial charge in [0.2, 0.25) is 5.91 Å². The standard InChI is InChI=1S/C21H35BN6O6/c1-13(2)12-18(22(31)32)26-20(30)17(6-5-11-24-21(23)27-28(33)34)25-19(29)16-9-7-15(8-10-16)14(3)4/h7-10,13-14,17-18,31-32H,5-6,11-12H2,1-4H3,(H,25,29)(H,26,30)(H3,23,24,27)/t17-,18-/m0/s1. The molecule has 0 aliphatic heterocycles. The maximum atomic E-state index is 12.9. The Morgan fingerprint density at radius 1 is 1.15 bits per heavy atom. The van der Waals surface area contributed by atoms with E-state index in [1.807, 2.05) is 39.8 Å². The summed E-state index contributed by atoms with van der Waals surface area (Å²) in [5, 5.41) is 34.1. The predicted octanol–water partition coefficient (Wildman–Crippen LogP) is 0.328. The van der Waals surface area contributed by atoms with E-state index >= 15 is 0 Å². The summed E-state index contributed by atoms with van der Waals surface area (Å²) in [5.74, 6) is -1.93. The molecule has 0 saturated carbocycles. The summed E-state index contributed by atoms with van der Waals surface area (Å²) in [6.45, 7) is 7.91.